The molecular formula is C19H20N4O3S. The number of nitrogens with zero attached hydrogens (tertiary/aromatic N) is 3. The number of likely N-dealkylation sites (tertiary alicyclic amines) is 1. The number of amides is 2. The molecule has 0 atom stereocenters. The van der Waals surface area contributed by atoms with E-state index in [9.17, 15) is 9.59 Å². The number of hydrogen-bond acceptors (Lipinski definition) is 6. The molecule has 27 heavy (non-hydrogen) atoms. The van der Waals surface area contributed by atoms with Crippen LogP contribution in [0.1, 0.15) is 38.8 Å². The minimum absolute atomic E-state index is 0.0694. The summed E-state index contributed by atoms with van der Waals surface area (Å²) in [6, 6.07) is 9.42. The van der Waals surface area contributed by atoms with E-state index in [1.807, 2.05) is 29.2 Å². The number of benzene rings is 1. The molecule has 2 aromatic heterocycles. The zero-order valence-corrected chi connectivity index (χ0v) is 15.8. The number of hydrogen-bond donors (Lipinski definition) is 1. The number of rotatable bonds is 4. The summed E-state index contributed by atoms with van der Waals surface area (Å²) in [4.78, 5) is 27.2. The highest BCUT2D eigenvalue weighted by atomic mass is 32.1. The smallest absolute Gasteiger partial charge is 0.289 e. The van der Waals surface area contributed by atoms with Crippen LogP contribution in [0.3, 0.4) is 0 Å². The van der Waals surface area contributed by atoms with Gasteiger partial charge in [0.2, 0.25) is 0 Å². The lowest BCUT2D eigenvalue weighted by Gasteiger charge is -2.31. The second kappa shape index (κ2) is 7.48. The van der Waals surface area contributed by atoms with Crippen molar-refractivity contribution in [2.75, 3.05) is 19.6 Å². The Morgan fingerprint density at radius 1 is 1.30 bits per heavy atom. The number of furan rings is 1. The molecule has 1 saturated heterocycles. The Morgan fingerprint density at radius 2 is 2.07 bits per heavy atom. The summed E-state index contributed by atoms with van der Waals surface area (Å²) in [5, 5.41) is 7.76. The lowest BCUT2D eigenvalue weighted by Crippen LogP contribution is -2.41. The van der Waals surface area contributed by atoms with Gasteiger partial charge in [-0.3, -0.25) is 9.59 Å². The quantitative estimate of drug-likeness (QED) is 0.747. The van der Waals surface area contributed by atoms with Crippen molar-refractivity contribution in [2.24, 2.45) is 5.92 Å². The van der Waals surface area contributed by atoms with E-state index in [1.54, 1.807) is 13.0 Å². The Hall–Kier alpha value is -2.74. The molecule has 0 radical (unpaired) electrons. The summed E-state index contributed by atoms with van der Waals surface area (Å²) in [5.74, 6) is 0.550. The second-order valence-corrected chi connectivity index (χ2v) is 7.54. The highest BCUT2D eigenvalue weighted by Gasteiger charge is 2.26. The zero-order valence-electron chi connectivity index (χ0n) is 15.0. The summed E-state index contributed by atoms with van der Waals surface area (Å²) < 4.78 is 9.47. The maximum absolute atomic E-state index is 12.7. The predicted molar refractivity (Wildman–Crippen MR) is 102 cm³/mol. The van der Waals surface area contributed by atoms with Gasteiger partial charge >= 0.3 is 0 Å². The first kappa shape index (κ1) is 17.7. The normalized spacial score (nSPS) is 15.2. The van der Waals surface area contributed by atoms with Crippen LogP contribution in [0.4, 0.5) is 0 Å². The molecule has 1 aliphatic heterocycles. The average molecular weight is 384 g/mol. The van der Waals surface area contributed by atoms with Crippen LogP contribution in [0, 0.1) is 12.8 Å². The Labute approximate surface area is 160 Å². The van der Waals surface area contributed by atoms with Crippen molar-refractivity contribution in [3.8, 4) is 0 Å². The van der Waals surface area contributed by atoms with Gasteiger partial charge in [-0.2, -0.15) is 0 Å². The molecule has 0 aliphatic carbocycles. The lowest BCUT2D eigenvalue weighted by molar-refractivity contribution is 0.0655. The van der Waals surface area contributed by atoms with Gasteiger partial charge in [0.05, 0.1) is 5.69 Å². The van der Waals surface area contributed by atoms with Crippen molar-refractivity contribution in [3.05, 3.63) is 46.7 Å². The van der Waals surface area contributed by atoms with E-state index in [0.29, 0.717) is 41.9 Å². The predicted octanol–water partition coefficient (Wildman–Crippen LogP) is 2.87. The molecule has 2 amide bonds. The Morgan fingerprint density at radius 3 is 2.78 bits per heavy atom. The molecule has 4 rings (SSSR count). The third kappa shape index (κ3) is 3.71. The van der Waals surface area contributed by atoms with E-state index in [-0.39, 0.29) is 11.8 Å². The second-order valence-electron chi connectivity index (χ2n) is 6.78. The number of nitrogens with one attached hydrogen (secondary N) is 1. The number of carbonyl (C=O) groups is 2. The largest absolute Gasteiger partial charge is 0.451 e. The van der Waals surface area contributed by atoms with E-state index in [2.05, 4.69) is 14.9 Å². The molecule has 3 heterocycles. The fraction of sp³-hybridized carbons (Fsp3) is 0.368. The van der Waals surface area contributed by atoms with Gasteiger partial charge in [-0.05, 0) is 49.3 Å². The van der Waals surface area contributed by atoms with Gasteiger partial charge in [-0.1, -0.05) is 22.7 Å². The van der Waals surface area contributed by atoms with Gasteiger partial charge in [0, 0.05) is 25.0 Å². The molecule has 0 saturated carbocycles. The molecule has 0 bridgehead atoms. The Kier molecular flexibility index (Phi) is 4.89. The highest BCUT2D eigenvalue weighted by molar-refractivity contribution is 7.08. The van der Waals surface area contributed by atoms with E-state index < -0.39 is 0 Å². The van der Waals surface area contributed by atoms with Gasteiger partial charge in [0.25, 0.3) is 11.8 Å². The maximum atomic E-state index is 12.7. The van der Waals surface area contributed by atoms with Gasteiger partial charge in [-0.25, -0.2) is 0 Å². The minimum atomic E-state index is -0.122. The van der Waals surface area contributed by atoms with Crippen LogP contribution in [-0.2, 0) is 0 Å². The fourth-order valence-corrected chi connectivity index (χ4v) is 3.91. The average Bonchev–Trinajstić information content (AvgIpc) is 3.32. The highest BCUT2D eigenvalue weighted by Crippen LogP contribution is 2.23. The van der Waals surface area contributed by atoms with E-state index >= 15 is 0 Å². The molecule has 7 nitrogen and oxygen atoms in total. The van der Waals surface area contributed by atoms with Crippen LogP contribution in [0.5, 0.6) is 0 Å². The maximum Gasteiger partial charge on any atom is 0.289 e. The van der Waals surface area contributed by atoms with E-state index in [0.717, 1.165) is 35.3 Å². The van der Waals surface area contributed by atoms with Crippen LogP contribution in [0.25, 0.3) is 11.0 Å². The van der Waals surface area contributed by atoms with E-state index in [1.165, 1.54) is 0 Å². The first-order valence-electron chi connectivity index (χ1n) is 8.97. The van der Waals surface area contributed by atoms with Gasteiger partial charge in [0.1, 0.15) is 10.5 Å². The van der Waals surface area contributed by atoms with Crippen LogP contribution in [0.15, 0.2) is 34.7 Å². The SMILES string of the molecule is Cc1nnsc1C(=O)NCC1CCN(C(=O)c2cc3ccccc3o2)CC1. The van der Waals surface area contributed by atoms with Crippen LogP contribution in [0.2, 0.25) is 0 Å². The third-order valence-electron chi connectivity index (χ3n) is 4.95. The molecule has 0 spiro atoms. The summed E-state index contributed by atoms with van der Waals surface area (Å²) >= 11 is 1.11. The molecule has 1 fully saturated rings. The van der Waals surface area contributed by atoms with Crippen molar-refractivity contribution in [1.29, 1.82) is 0 Å². The molecule has 1 N–H and O–H groups in total. The molecule has 0 unspecified atom stereocenters. The monoisotopic (exact) mass is 384 g/mol. The van der Waals surface area contributed by atoms with Crippen molar-refractivity contribution in [1.82, 2.24) is 19.8 Å². The summed E-state index contributed by atoms with van der Waals surface area (Å²) in [7, 11) is 0. The molecule has 8 heteroatoms. The van der Waals surface area contributed by atoms with Crippen LogP contribution in [-0.4, -0.2) is 45.9 Å². The molecule has 140 valence electrons. The van der Waals surface area contributed by atoms with Crippen LogP contribution >= 0.6 is 11.5 Å². The third-order valence-corrected chi connectivity index (χ3v) is 5.77. The lowest BCUT2D eigenvalue weighted by atomic mass is 9.96. The molecule has 1 aromatic carbocycles. The summed E-state index contributed by atoms with van der Waals surface area (Å²) in [5.41, 5.74) is 1.38. The number of aryl methyl sites for hydroxylation is 1. The molecular weight excluding hydrogens is 364 g/mol. The van der Waals surface area contributed by atoms with Crippen molar-refractivity contribution in [3.63, 3.8) is 0 Å². The standard InChI is InChI=1S/C19H20N4O3S/c1-12-17(27-22-21-12)18(24)20-11-13-6-8-23(9-7-13)19(25)16-10-14-4-2-3-5-15(14)26-16/h2-5,10,13H,6-9,11H2,1H3,(H,20,24). The number of carbonyl (C=O) groups excluding carboxylic acids is 2. The molecule has 1 aliphatic rings. The van der Waals surface area contributed by atoms with Gasteiger partial charge in [-0.15, -0.1) is 5.10 Å². The van der Waals surface area contributed by atoms with Crippen molar-refractivity contribution < 1.29 is 14.0 Å². The summed E-state index contributed by atoms with van der Waals surface area (Å²) in [6.07, 6.45) is 1.71. The number of fused-ring (bicyclic) bond motifs is 1. The van der Waals surface area contributed by atoms with Crippen molar-refractivity contribution >= 4 is 34.3 Å². The Balaban J connectivity index is 1.30. The molecule has 3 aromatic rings. The summed E-state index contributed by atoms with van der Waals surface area (Å²) in [6.45, 7) is 3.71. The number of piperidine rings is 1. The zero-order chi connectivity index (χ0) is 18.8. The first-order chi connectivity index (χ1) is 13.1. The number of para-hydroxylation sites is 1. The number of aromatic nitrogens is 2. The Bertz CT molecular complexity index is 939. The van der Waals surface area contributed by atoms with Crippen LogP contribution < -0.4 is 5.32 Å². The first-order valence-corrected chi connectivity index (χ1v) is 9.74. The van der Waals surface area contributed by atoms with Gasteiger partial charge < -0.3 is 14.6 Å². The topological polar surface area (TPSA) is 88.3 Å². The minimum Gasteiger partial charge on any atom is -0.451 e. The fourth-order valence-electron chi connectivity index (χ4n) is 3.34. The van der Waals surface area contributed by atoms with Crippen molar-refractivity contribution in [2.45, 2.75) is 19.8 Å². The van der Waals surface area contributed by atoms with Gasteiger partial charge in [0.15, 0.2) is 5.76 Å². The van der Waals surface area contributed by atoms with E-state index in [4.69, 9.17) is 4.42 Å².